The Balaban J connectivity index is 1.64. The fraction of sp³-hybridized carbons (Fsp3) is 0.350. The first-order chi connectivity index (χ1) is 13.0. The van der Waals surface area contributed by atoms with Crippen LogP contribution in [-0.4, -0.2) is 15.1 Å². The molecule has 1 aromatic carbocycles. The number of nitrogens with zero attached hydrogens (tertiary/aromatic N) is 2. The molecule has 0 radical (unpaired) electrons. The quantitative estimate of drug-likeness (QED) is 0.634. The van der Waals surface area contributed by atoms with Crippen LogP contribution in [0.3, 0.4) is 0 Å². The molecule has 0 unspecified atom stereocenters. The number of fused-ring (bicyclic) bond motifs is 1. The monoisotopic (exact) mass is 384 g/mol. The van der Waals surface area contributed by atoms with E-state index in [2.05, 4.69) is 0 Å². The van der Waals surface area contributed by atoms with Crippen molar-refractivity contribution < 1.29 is 9.53 Å². The Morgan fingerprint density at radius 2 is 1.96 bits per heavy atom. The predicted molar refractivity (Wildman–Crippen MR) is 104 cm³/mol. The van der Waals surface area contributed by atoms with Gasteiger partial charge in [-0.2, -0.15) is 0 Å². The van der Waals surface area contributed by atoms with Crippen LogP contribution < -0.4 is 11.2 Å². The van der Waals surface area contributed by atoms with E-state index in [0.717, 1.165) is 36.2 Å². The Morgan fingerprint density at radius 3 is 2.63 bits per heavy atom. The van der Waals surface area contributed by atoms with Crippen LogP contribution >= 0.6 is 11.3 Å². The molecule has 140 valence electrons. The molecule has 2 aromatic heterocycles. The van der Waals surface area contributed by atoms with Gasteiger partial charge in [0.15, 0.2) is 0 Å². The molecule has 0 amide bonds. The molecule has 1 aliphatic carbocycles. The van der Waals surface area contributed by atoms with Crippen LogP contribution in [0.5, 0.6) is 0 Å². The number of aromatic nitrogens is 2. The Morgan fingerprint density at radius 1 is 1.22 bits per heavy atom. The van der Waals surface area contributed by atoms with Gasteiger partial charge in [0, 0.05) is 13.6 Å². The second-order valence-corrected chi connectivity index (χ2v) is 7.98. The van der Waals surface area contributed by atoms with Crippen LogP contribution in [0.25, 0.3) is 10.2 Å². The molecule has 0 atom stereocenters. The molecule has 1 aliphatic rings. The van der Waals surface area contributed by atoms with Crippen molar-refractivity contribution in [2.75, 3.05) is 0 Å². The lowest BCUT2D eigenvalue weighted by molar-refractivity contribution is 0.0478. The van der Waals surface area contributed by atoms with Crippen LogP contribution in [0.4, 0.5) is 0 Å². The highest BCUT2D eigenvalue weighted by atomic mass is 32.1. The first-order valence-electron chi connectivity index (χ1n) is 8.99. The second kappa shape index (κ2) is 7.15. The molecule has 1 fully saturated rings. The summed E-state index contributed by atoms with van der Waals surface area (Å²) in [6.07, 6.45) is 3.25. The van der Waals surface area contributed by atoms with Crippen molar-refractivity contribution in [2.45, 2.75) is 32.4 Å². The number of ether oxygens (including phenoxy) is 1. The van der Waals surface area contributed by atoms with Gasteiger partial charge in [0.2, 0.25) is 0 Å². The third kappa shape index (κ3) is 3.35. The van der Waals surface area contributed by atoms with Crippen molar-refractivity contribution in [2.24, 2.45) is 13.0 Å². The van der Waals surface area contributed by atoms with Crippen LogP contribution in [0, 0.1) is 5.92 Å². The maximum absolute atomic E-state index is 12.8. The molecule has 27 heavy (non-hydrogen) atoms. The SMILES string of the molecule is Cn1c(=O)n(CC2CCC2)c(=O)c2cc(C(=O)OCc3ccccc3)sc21. The number of hydrogen-bond donors (Lipinski definition) is 0. The summed E-state index contributed by atoms with van der Waals surface area (Å²) in [6, 6.07) is 11.0. The molecule has 6 nitrogen and oxygen atoms in total. The van der Waals surface area contributed by atoms with Gasteiger partial charge in [-0.05, 0) is 30.4 Å². The van der Waals surface area contributed by atoms with Gasteiger partial charge in [-0.15, -0.1) is 11.3 Å². The average Bonchev–Trinajstić information content (AvgIpc) is 3.10. The molecular weight excluding hydrogens is 364 g/mol. The van der Waals surface area contributed by atoms with Gasteiger partial charge in [-0.25, -0.2) is 9.59 Å². The summed E-state index contributed by atoms with van der Waals surface area (Å²) in [5, 5.41) is 0.396. The zero-order valence-electron chi connectivity index (χ0n) is 15.0. The highest BCUT2D eigenvalue weighted by Crippen LogP contribution is 2.28. The number of rotatable bonds is 5. The third-order valence-corrected chi connectivity index (χ3v) is 6.28. The van der Waals surface area contributed by atoms with E-state index in [0.29, 0.717) is 27.6 Å². The maximum Gasteiger partial charge on any atom is 0.348 e. The number of carbonyl (C=O) groups excluding carboxylic acids is 1. The van der Waals surface area contributed by atoms with E-state index in [4.69, 9.17) is 4.74 Å². The summed E-state index contributed by atoms with van der Waals surface area (Å²) in [5.74, 6) is -0.0979. The fourth-order valence-electron chi connectivity index (χ4n) is 3.27. The Bertz CT molecular complexity index is 1110. The predicted octanol–water partition coefficient (Wildman–Crippen LogP) is 2.92. The summed E-state index contributed by atoms with van der Waals surface area (Å²) in [4.78, 5) is 38.6. The molecule has 0 aliphatic heterocycles. The summed E-state index contributed by atoms with van der Waals surface area (Å²) in [5.41, 5.74) is 0.242. The minimum absolute atomic E-state index is 0.165. The molecule has 7 heteroatoms. The lowest BCUT2D eigenvalue weighted by atomic mass is 9.85. The van der Waals surface area contributed by atoms with Gasteiger partial charge in [-0.1, -0.05) is 36.8 Å². The number of carbonyl (C=O) groups is 1. The van der Waals surface area contributed by atoms with E-state index in [1.807, 2.05) is 30.3 Å². The Labute approximate surface area is 159 Å². The zero-order chi connectivity index (χ0) is 19.0. The van der Waals surface area contributed by atoms with E-state index >= 15 is 0 Å². The van der Waals surface area contributed by atoms with E-state index in [-0.39, 0.29) is 17.9 Å². The Kier molecular flexibility index (Phi) is 4.70. The van der Waals surface area contributed by atoms with E-state index in [1.54, 1.807) is 13.1 Å². The van der Waals surface area contributed by atoms with Crippen LogP contribution in [0.15, 0.2) is 46.0 Å². The average molecular weight is 384 g/mol. The zero-order valence-corrected chi connectivity index (χ0v) is 15.8. The lowest BCUT2D eigenvalue weighted by Gasteiger charge is -2.25. The first kappa shape index (κ1) is 17.7. The molecule has 3 aromatic rings. The van der Waals surface area contributed by atoms with Crippen LogP contribution in [0.2, 0.25) is 0 Å². The first-order valence-corrected chi connectivity index (χ1v) is 9.80. The van der Waals surface area contributed by atoms with Crippen molar-refractivity contribution in [1.82, 2.24) is 9.13 Å². The summed E-state index contributed by atoms with van der Waals surface area (Å²) < 4.78 is 8.11. The number of benzene rings is 1. The molecule has 1 saturated carbocycles. The maximum atomic E-state index is 12.8. The summed E-state index contributed by atoms with van der Waals surface area (Å²) >= 11 is 1.12. The highest BCUT2D eigenvalue weighted by Gasteiger charge is 2.23. The molecule has 2 heterocycles. The highest BCUT2D eigenvalue weighted by molar-refractivity contribution is 7.20. The van der Waals surface area contributed by atoms with Crippen LogP contribution in [-0.2, 0) is 24.9 Å². The van der Waals surface area contributed by atoms with Gasteiger partial charge in [-0.3, -0.25) is 13.9 Å². The number of hydrogen-bond acceptors (Lipinski definition) is 5. The topological polar surface area (TPSA) is 70.3 Å². The Hall–Kier alpha value is -2.67. The lowest BCUT2D eigenvalue weighted by Crippen LogP contribution is -2.41. The van der Waals surface area contributed by atoms with Crippen LogP contribution in [0.1, 0.15) is 34.5 Å². The molecule has 0 bridgehead atoms. The fourth-order valence-corrected chi connectivity index (χ4v) is 4.27. The summed E-state index contributed by atoms with van der Waals surface area (Å²) in [7, 11) is 1.64. The molecule has 0 saturated heterocycles. The van der Waals surface area contributed by atoms with E-state index in [1.165, 1.54) is 9.13 Å². The molecular formula is C20H20N2O4S. The van der Waals surface area contributed by atoms with Crippen molar-refractivity contribution in [1.29, 1.82) is 0 Å². The van der Waals surface area contributed by atoms with Gasteiger partial charge < -0.3 is 4.74 Å². The summed E-state index contributed by atoms with van der Waals surface area (Å²) in [6.45, 7) is 0.615. The standard InChI is InChI=1S/C20H20N2O4S/c1-21-18-15(17(23)22(20(21)25)11-13-8-5-9-13)10-16(27-18)19(24)26-12-14-6-3-2-4-7-14/h2-4,6-7,10,13H,5,8-9,11-12H2,1H3. The number of aryl methyl sites for hydroxylation is 1. The van der Waals surface area contributed by atoms with E-state index < -0.39 is 5.97 Å². The van der Waals surface area contributed by atoms with Gasteiger partial charge >= 0.3 is 11.7 Å². The minimum Gasteiger partial charge on any atom is -0.457 e. The van der Waals surface area contributed by atoms with E-state index in [9.17, 15) is 14.4 Å². The molecule has 0 N–H and O–H groups in total. The second-order valence-electron chi connectivity index (χ2n) is 6.95. The molecule has 0 spiro atoms. The van der Waals surface area contributed by atoms with Gasteiger partial charge in [0.25, 0.3) is 5.56 Å². The molecule has 4 rings (SSSR count). The van der Waals surface area contributed by atoms with Crippen molar-refractivity contribution in [3.05, 3.63) is 67.7 Å². The minimum atomic E-state index is -0.488. The number of esters is 1. The normalized spacial score (nSPS) is 14.3. The van der Waals surface area contributed by atoms with Gasteiger partial charge in [0.1, 0.15) is 16.3 Å². The third-order valence-electron chi connectivity index (χ3n) is 5.09. The van der Waals surface area contributed by atoms with Crippen molar-refractivity contribution >= 4 is 27.5 Å². The number of thiophene rings is 1. The largest absolute Gasteiger partial charge is 0.457 e. The smallest absolute Gasteiger partial charge is 0.348 e. The van der Waals surface area contributed by atoms with Gasteiger partial charge in [0.05, 0.1) is 5.39 Å². The van der Waals surface area contributed by atoms with Crippen molar-refractivity contribution in [3.8, 4) is 0 Å². The van der Waals surface area contributed by atoms with Crippen molar-refractivity contribution in [3.63, 3.8) is 0 Å².